The number of Topliss-reactive ketones (excluding diaryl/α,β-unsaturated/α-hetero) is 1. The Bertz CT molecular complexity index is 1120. The molecule has 0 radical (unpaired) electrons. The Labute approximate surface area is 181 Å². The number of ether oxygens (including phenoxy) is 1. The van der Waals surface area contributed by atoms with E-state index in [-0.39, 0.29) is 11.8 Å². The highest BCUT2D eigenvalue weighted by Gasteiger charge is 2.43. The fourth-order valence-electron chi connectivity index (χ4n) is 3.79. The second kappa shape index (κ2) is 7.32. The molecule has 0 spiro atoms. The van der Waals surface area contributed by atoms with Crippen LogP contribution in [0.2, 0.25) is 5.02 Å². The molecule has 0 aliphatic carbocycles. The Morgan fingerprint density at radius 2 is 1.83 bits per heavy atom. The second-order valence-electron chi connectivity index (χ2n) is 7.04. The van der Waals surface area contributed by atoms with Gasteiger partial charge in [-0.1, -0.05) is 57.9 Å². The summed E-state index contributed by atoms with van der Waals surface area (Å²) in [4.78, 5) is 13.3. The van der Waals surface area contributed by atoms with Gasteiger partial charge in [-0.25, -0.2) is 5.01 Å². The maximum Gasteiger partial charge on any atom is 0.251 e. The first-order valence-corrected chi connectivity index (χ1v) is 10.4. The van der Waals surface area contributed by atoms with Gasteiger partial charge in [0, 0.05) is 27.0 Å². The lowest BCUT2D eigenvalue weighted by Gasteiger charge is -2.37. The van der Waals surface area contributed by atoms with Crippen molar-refractivity contribution in [2.75, 3.05) is 0 Å². The minimum atomic E-state index is -0.823. The van der Waals surface area contributed by atoms with Crippen LogP contribution in [0.4, 0.5) is 0 Å². The zero-order valence-electron chi connectivity index (χ0n) is 15.3. The quantitative estimate of drug-likeness (QED) is 0.453. The molecular weight excluding hydrogens is 452 g/mol. The lowest BCUT2D eigenvalue weighted by Crippen LogP contribution is -2.45. The van der Waals surface area contributed by atoms with Gasteiger partial charge in [-0.2, -0.15) is 5.10 Å². The summed E-state index contributed by atoms with van der Waals surface area (Å²) in [6.45, 7) is 0. The third-order valence-electron chi connectivity index (χ3n) is 5.21. The first-order chi connectivity index (χ1) is 14.1. The Kier molecular flexibility index (Phi) is 4.64. The number of benzene rings is 3. The molecule has 144 valence electrons. The summed E-state index contributed by atoms with van der Waals surface area (Å²) in [5.41, 5.74) is 3.56. The van der Waals surface area contributed by atoms with Crippen LogP contribution in [-0.4, -0.2) is 22.7 Å². The molecule has 3 aromatic carbocycles. The fourth-order valence-corrected chi connectivity index (χ4v) is 4.30. The predicted molar refractivity (Wildman–Crippen MR) is 117 cm³/mol. The molecule has 3 aromatic rings. The van der Waals surface area contributed by atoms with Crippen molar-refractivity contribution in [2.24, 2.45) is 5.10 Å². The zero-order valence-corrected chi connectivity index (χ0v) is 17.6. The highest BCUT2D eigenvalue weighted by Crippen LogP contribution is 2.44. The highest BCUT2D eigenvalue weighted by molar-refractivity contribution is 9.10. The van der Waals surface area contributed by atoms with Gasteiger partial charge in [-0.05, 0) is 48.0 Å². The van der Waals surface area contributed by atoms with Gasteiger partial charge in [0.2, 0.25) is 5.78 Å². The topological polar surface area (TPSA) is 41.9 Å². The SMILES string of the molecule is O=C(c1ccc(Cl)cc1)[C@H]1Oc2ccc(Br)cc2[C@H]2CC(c3ccccc3)=NN12. The number of hydrogen-bond donors (Lipinski definition) is 0. The van der Waals surface area contributed by atoms with Crippen molar-refractivity contribution in [3.05, 3.63) is 99.0 Å². The van der Waals surface area contributed by atoms with Crippen LogP contribution < -0.4 is 4.74 Å². The number of ketones is 1. The Morgan fingerprint density at radius 1 is 1.07 bits per heavy atom. The number of hydrogen-bond acceptors (Lipinski definition) is 4. The van der Waals surface area contributed by atoms with E-state index in [9.17, 15) is 4.79 Å². The molecule has 2 aliphatic heterocycles. The molecule has 2 heterocycles. The van der Waals surface area contributed by atoms with Crippen molar-refractivity contribution in [1.29, 1.82) is 0 Å². The molecule has 2 atom stereocenters. The van der Waals surface area contributed by atoms with E-state index in [1.165, 1.54) is 0 Å². The average molecular weight is 468 g/mol. The molecule has 5 rings (SSSR count). The summed E-state index contributed by atoms with van der Waals surface area (Å²) in [5, 5.41) is 7.20. The molecule has 0 unspecified atom stereocenters. The number of nitrogens with zero attached hydrogens (tertiary/aromatic N) is 2. The zero-order chi connectivity index (χ0) is 20.0. The van der Waals surface area contributed by atoms with Gasteiger partial charge in [-0.15, -0.1) is 0 Å². The van der Waals surface area contributed by atoms with Crippen LogP contribution in [0.15, 0.2) is 82.4 Å². The van der Waals surface area contributed by atoms with Gasteiger partial charge >= 0.3 is 0 Å². The number of hydrazone groups is 1. The Hall–Kier alpha value is -2.63. The molecule has 0 fully saturated rings. The fraction of sp³-hybridized carbons (Fsp3) is 0.130. The average Bonchev–Trinajstić information content (AvgIpc) is 3.20. The lowest BCUT2D eigenvalue weighted by molar-refractivity contribution is -0.00459. The first kappa shape index (κ1) is 18.4. The van der Waals surface area contributed by atoms with E-state index in [4.69, 9.17) is 21.4 Å². The summed E-state index contributed by atoms with van der Waals surface area (Å²) < 4.78 is 7.11. The third-order valence-corrected chi connectivity index (χ3v) is 5.96. The molecule has 0 aromatic heterocycles. The molecule has 0 amide bonds. The molecule has 0 saturated carbocycles. The maximum atomic E-state index is 13.3. The molecule has 4 nitrogen and oxygen atoms in total. The summed E-state index contributed by atoms with van der Waals surface area (Å²) in [7, 11) is 0. The Morgan fingerprint density at radius 3 is 2.59 bits per heavy atom. The van der Waals surface area contributed by atoms with Gasteiger partial charge in [0.25, 0.3) is 6.23 Å². The van der Waals surface area contributed by atoms with Crippen LogP contribution in [0.25, 0.3) is 0 Å². The summed E-state index contributed by atoms with van der Waals surface area (Å²) >= 11 is 9.52. The second-order valence-corrected chi connectivity index (χ2v) is 8.39. The van der Waals surface area contributed by atoms with Crippen LogP contribution in [0, 0.1) is 0 Å². The minimum Gasteiger partial charge on any atom is -0.461 e. The van der Waals surface area contributed by atoms with E-state index in [1.807, 2.05) is 48.5 Å². The van der Waals surface area contributed by atoms with Crippen molar-refractivity contribution in [3.63, 3.8) is 0 Å². The van der Waals surface area contributed by atoms with Crippen LogP contribution in [0.1, 0.15) is 33.9 Å². The van der Waals surface area contributed by atoms with E-state index < -0.39 is 6.23 Å². The minimum absolute atomic E-state index is 0.0623. The standard InChI is InChI=1S/C23H16BrClN2O2/c24-16-8-11-21-18(12-16)20-13-19(14-4-2-1-3-5-14)26-27(20)23(29-21)22(28)15-6-9-17(25)10-7-15/h1-12,20,23H,13H2/t20-,23-/m1/s1. The number of carbonyl (C=O) groups excluding carboxylic acids is 1. The van der Waals surface area contributed by atoms with Gasteiger partial charge < -0.3 is 4.74 Å². The first-order valence-electron chi connectivity index (χ1n) is 9.27. The summed E-state index contributed by atoms with van der Waals surface area (Å²) in [6.07, 6.45) is -0.114. The number of fused-ring (bicyclic) bond motifs is 3. The highest BCUT2D eigenvalue weighted by atomic mass is 79.9. The third kappa shape index (κ3) is 3.34. The lowest BCUT2D eigenvalue weighted by atomic mass is 9.96. The van der Waals surface area contributed by atoms with E-state index in [0.29, 0.717) is 22.8 Å². The summed E-state index contributed by atoms with van der Waals surface area (Å²) in [6, 6.07) is 22.7. The number of halogens is 2. The molecule has 29 heavy (non-hydrogen) atoms. The number of rotatable bonds is 3. The van der Waals surface area contributed by atoms with E-state index in [1.54, 1.807) is 29.3 Å². The van der Waals surface area contributed by atoms with E-state index in [2.05, 4.69) is 15.9 Å². The normalized spacial score (nSPS) is 19.8. The van der Waals surface area contributed by atoms with Crippen molar-refractivity contribution >= 4 is 39.0 Å². The predicted octanol–water partition coefficient (Wildman–Crippen LogP) is 5.86. The van der Waals surface area contributed by atoms with Gasteiger partial charge in [0.05, 0.1) is 11.8 Å². The van der Waals surface area contributed by atoms with Crippen LogP contribution in [0.3, 0.4) is 0 Å². The van der Waals surface area contributed by atoms with Gasteiger partial charge in [0.1, 0.15) is 5.75 Å². The van der Waals surface area contributed by atoms with Gasteiger partial charge in [0.15, 0.2) is 0 Å². The molecule has 2 aliphatic rings. The monoisotopic (exact) mass is 466 g/mol. The van der Waals surface area contributed by atoms with Gasteiger partial charge in [-0.3, -0.25) is 4.79 Å². The Balaban J connectivity index is 1.57. The van der Waals surface area contributed by atoms with Crippen LogP contribution in [-0.2, 0) is 0 Å². The van der Waals surface area contributed by atoms with Crippen LogP contribution >= 0.6 is 27.5 Å². The maximum absolute atomic E-state index is 13.3. The van der Waals surface area contributed by atoms with Crippen LogP contribution in [0.5, 0.6) is 5.75 Å². The molecular formula is C23H16BrClN2O2. The summed E-state index contributed by atoms with van der Waals surface area (Å²) in [5.74, 6) is 0.574. The van der Waals surface area contributed by atoms with Crippen molar-refractivity contribution in [1.82, 2.24) is 5.01 Å². The van der Waals surface area contributed by atoms with Crippen molar-refractivity contribution < 1.29 is 9.53 Å². The molecule has 0 N–H and O–H groups in total. The number of carbonyl (C=O) groups is 1. The molecule has 0 saturated heterocycles. The molecule has 6 heteroatoms. The molecule has 0 bridgehead atoms. The van der Waals surface area contributed by atoms with Crippen molar-refractivity contribution in [2.45, 2.75) is 18.7 Å². The largest absolute Gasteiger partial charge is 0.461 e. The van der Waals surface area contributed by atoms with E-state index >= 15 is 0 Å². The smallest absolute Gasteiger partial charge is 0.251 e. The van der Waals surface area contributed by atoms with Crippen molar-refractivity contribution in [3.8, 4) is 5.75 Å². The van der Waals surface area contributed by atoms with E-state index in [0.717, 1.165) is 21.3 Å².